The van der Waals surface area contributed by atoms with Gasteiger partial charge in [0, 0.05) is 25.7 Å². The van der Waals surface area contributed by atoms with Gasteiger partial charge in [0.05, 0.1) is 12.2 Å². The number of morpholine rings is 1. The number of nitrogens with zero attached hydrogens (tertiary/aromatic N) is 1. The van der Waals surface area contributed by atoms with Crippen LogP contribution in [0, 0.1) is 0 Å². The molecule has 1 aliphatic rings. The van der Waals surface area contributed by atoms with Crippen LogP contribution in [0.1, 0.15) is 72.1 Å². The molecule has 3 nitrogen and oxygen atoms in total. The van der Waals surface area contributed by atoms with Gasteiger partial charge in [-0.1, -0.05) is 51.9 Å². The van der Waals surface area contributed by atoms with E-state index >= 15 is 0 Å². The Morgan fingerprint density at radius 2 is 1.55 bits per heavy atom. The van der Waals surface area contributed by atoms with Gasteiger partial charge in [-0.3, -0.25) is 4.90 Å². The molecule has 1 rings (SSSR count). The third kappa shape index (κ3) is 7.05. The highest BCUT2D eigenvalue weighted by Gasteiger charge is 2.26. The van der Waals surface area contributed by atoms with E-state index in [2.05, 4.69) is 25.7 Å². The van der Waals surface area contributed by atoms with Crippen molar-refractivity contribution in [1.29, 1.82) is 0 Å². The van der Waals surface area contributed by atoms with E-state index in [4.69, 9.17) is 10.5 Å². The van der Waals surface area contributed by atoms with Gasteiger partial charge >= 0.3 is 0 Å². The van der Waals surface area contributed by atoms with Crippen LogP contribution in [-0.4, -0.2) is 42.8 Å². The second kappa shape index (κ2) is 10.6. The normalized spacial score (nSPS) is 25.8. The van der Waals surface area contributed by atoms with Crippen molar-refractivity contribution in [2.24, 2.45) is 5.73 Å². The lowest BCUT2D eigenvalue weighted by Gasteiger charge is -2.40. The first-order valence-electron chi connectivity index (χ1n) is 8.77. The standard InChI is InChI=1S/C17H36N2O/c1-4-5-6-7-8-9-10-11-17(12-18)19-13-15(2)20-16(3)14-19/h15-17H,4-14,18H2,1-3H3/t15-,16+,17?. The van der Waals surface area contributed by atoms with Gasteiger partial charge in [0.2, 0.25) is 0 Å². The van der Waals surface area contributed by atoms with Gasteiger partial charge in [0.1, 0.15) is 0 Å². The summed E-state index contributed by atoms with van der Waals surface area (Å²) in [5, 5.41) is 0. The van der Waals surface area contributed by atoms with Crippen molar-refractivity contribution in [2.75, 3.05) is 19.6 Å². The molecule has 3 heteroatoms. The molecule has 1 fully saturated rings. The molecule has 3 atom stereocenters. The Kier molecular flexibility index (Phi) is 9.49. The molecule has 0 aromatic rings. The first-order valence-corrected chi connectivity index (χ1v) is 8.77. The number of hydrogen-bond donors (Lipinski definition) is 1. The molecule has 0 spiro atoms. The van der Waals surface area contributed by atoms with Crippen molar-refractivity contribution >= 4 is 0 Å². The van der Waals surface area contributed by atoms with Crippen molar-refractivity contribution in [3.63, 3.8) is 0 Å². The molecule has 0 amide bonds. The van der Waals surface area contributed by atoms with Gasteiger partial charge in [0.15, 0.2) is 0 Å². The van der Waals surface area contributed by atoms with Crippen LogP contribution in [0.25, 0.3) is 0 Å². The van der Waals surface area contributed by atoms with Gasteiger partial charge < -0.3 is 10.5 Å². The summed E-state index contributed by atoms with van der Waals surface area (Å²) < 4.78 is 5.81. The number of nitrogens with two attached hydrogens (primary N) is 1. The third-order valence-corrected chi connectivity index (χ3v) is 4.38. The van der Waals surface area contributed by atoms with E-state index in [1.54, 1.807) is 0 Å². The van der Waals surface area contributed by atoms with Gasteiger partial charge in [-0.25, -0.2) is 0 Å². The molecule has 2 N–H and O–H groups in total. The lowest BCUT2D eigenvalue weighted by molar-refractivity contribution is -0.0803. The lowest BCUT2D eigenvalue weighted by Crippen LogP contribution is -2.52. The molecule has 1 aliphatic heterocycles. The van der Waals surface area contributed by atoms with Crippen LogP contribution >= 0.6 is 0 Å². The van der Waals surface area contributed by atoms with Crippen molar-refractivity contribution in [2.45, 2.75) is 90.4 Å². The Morgan fingerprint density at radius 3 is 2.10 bits per heavy atom. The van der Waals surface area contributed by atoms with Crippen molar-refractivity contribution in [3.05, 3.63) is 0 Å². The topological polar surface area (TPSA) is 38.5 Å². The first kappa shape index (κ1) is 17.9. The van der Waals surface area contributed by atoms with Crippen molar-refractivity contribution in [3.8, 4) is 0 Å². The number of unbranched alkanes of at least 4 members (excludes halogenated alkanes) is 6. The second-order valence-corrected chi connectivity index (χ2v) is 6.51. The number of hydrogen-bond acceptors (Lipinski definition) is 3. The quantitative estimate of drug-likeness (QED) is 0.623. The van der Waals surface area contributed by atoms with Crippen LogP contribution in [0.15, 0.2) is 0 Å². The van der Waals surface area contributed by atoms with E-state index in [1.165, 1.54) is 51.4 Å². The maximum absolute atomic E-state index is 5.99. The molecule has 20 heavy (non-hydrogen) atoms. The molecular formula is C17H36N2O. The minimum absolute atomic E-state index is 0.349. The van der Waals surface area contributed by atoms with E-state index in [9.17, 15) is 0 Å². The van der Waals surface area contributed by atoms with Crippen LogP contribution in [0.4, 0.5) is 0 Å². The van der Waals surface area contributed by atoms with Crippen LogP contribution < -0.4 is 5.73 Å². The summed E-state index contributed by atoms with van der Waals surface area (Å²) in [6, 6.07) is 0.555. The fraction of sp³-hybridized carbons (Fsp3) is 1.00. The molecule has 120 valence electrons. The second-order valence-electron chi connectivity index (χ2n) is 6.51. The zero-order valence-electron chi connectivity index (χ0n) is 13.9. The monoisotopic (exact) mass is 284 g/mol. The predicted octanol–water partition coefficient (Wildman–Crippen LogP) is 3.56. The number of ether oxygens (including phenoxy) is 1. The maximum Gasteiger partial charge on any atom is 0.0678 e. The molecule has 0 radical (unpaired) electrons. The van der Waals surface area contributed by atoms with Gasteiger partial charge in [-0.2, -0.15) is 0 Å². The maximum atomic E-state index is 5.99. The van der Waals surface area contributed by atoms with Gasteiger partial charge in [0.25, 0.3) is 0 Å². The highest BCUT2D eigenvalue weighted by molar-refractivity contribution is 4.80. The third-order valence-electron chi connectivity index (χ3n) is 4.38. The summed E-state index contributed by atoms with van der Waals surface area (Å²) in [4.78, 5) is 2.55. The van der Waals surface area contributed by atoms with Gasteiger partial charge in [-0.15, -0.1) is 0 Å². The SMILES string of the molecule is CCCCCCCCCC(CN)N1C[C@@H](C)O[C@@H](C)C1. The molecule has 0 bridgehead atoms. The largest absolute Gasteiger partial charge is 0.373 e. The average molecular weight is 284 g/mol. The zero-order valence-corrected chi connectivity index (χ0v) is 13.9. The zero-order chi connectivity index (χ0) is 14.8. The molecule has 0 aromatic carbocycles. The van der Waals surface area contributed by atoms with Crippen molar-refractivity contribution < 1.29 is 4.74 Å². The van der Waals surface area contributed by atoms with E-state index in [0.29, 0.717) is 18.2 Å². The van der Waals surface area contributed by atoms with E-state index < -0.39 is 0 Å². The molecule has 1 saturated heterocycles. The molecule has 1 heterocycles. The van der Waals surface area contributed by atoms with Crippen LogP contribution in [0.2, 0.25) is 0 Å². The minimum atomic E-state index is 0.349. The molecule has 0 aromatic heterocycles. The summed E-state index contributed by atoms with van der Waals surface area (Å²) >= 11 is 0. The smallest absolute Gasteiger partial charge is 0.0678 e. The Bertz CT molecular complexity index is 225. The van der Waals surface area contributed by atoms with E-state index in [1.807, 2.05) is 0 Å². The molecular weight excluding hydrogens is 248 g/mol. The first-order chi connectivity index (χ1) is 9.67. The predicted molar refractivity (Wildman–Crippen MR) is 87.0 cm³/mol. The van der Waals surface area contributed by atoms with Crippen molar-refractivity contribution in [1.82, 2.24) is 4.90 Å². The summed E-state index contributed by atoms with van der Waals surface area (Å²) in [5.74, 6) is 0. The Hall–Kier alpha value is -0.120. The summed E-state index contributed by atoms with van der Waals surface area (Å²) in [5.41, 5.74) is 5.99. The highest BCUT2D eigenvalue weighted by atomic mass is 16.5. The van der Waals surface area contributed by atoms with Crippen LogP contribution in [0.3, 0.4) is 0 Å². The molecule has 1 unspecified atom stereocenters. The lowest BCUT2D eigenvalue weighted by atomic mass is 10.0. The fourth-order valence-corrected chi connectivity index (χ4v) is 3.30. The fourth-order valence-electron chi connectivity index (χ4n) is 3.30. The van der Waals surface area contributed by atoms with Crippen LogP contribution in [0.5, 0.6) is 0 Å². The summed E-state index contributed by atoms with van der Waals surface area (Å²) in [6.45, 7) is 9.49. The Labute approximate surface area is 126 Å². The minimum Gasteiger partial charge on any atom is -0.373 e. The number of rotatable bonds is 10. The van der Waals surface area contributed by atoms with Crippen LogP contribution in [-0.2, 0) is 4.74 Å². The average Bonchev–Trinajstić information content (AvgIpc) is 2.41. The molecule has 0 saturated carbocycles. The summed E-state index contributed by atoms with van der Waals surface area (Å²) in [6.07, 6.45) is 11.6. The molecule has 0 aliphatic carbocycles. The van der Waals surface area contributed by atoms with Gasteiger partial charge in [-0.05, 0) is 20.3 Å². The Morgan fingerprint density at radius 1 is 1.00 bits per heavy atom. The summed E-state index contributed by atoms with van der Waals surface area (Å²) in [7, 11) is 0. The van der Waals surface area contributed by atoms with E-state index in [-0.39, 0.29) is 0 Å². The van der Waals surface area contributed by atoms with E-state index in [0.717, 1.165) is 19.6 Å². The highest BCUT2D eigenvalue weighted by Crippen LogP contribution is 2.17. The Balaban J connectivity index is 2.15.